The van der Waals surface area contributed by atoms with Crippen LogP contribution in [0.3, 0.4) is 0 Å². The van der Waals surface area contributed by atoms with Crippen LogP contribution in [0.4, 0.5) is 11.4 Å². The van der Waals surface area contributed by atoms with E-state index in [0.29, 0.717) is 46.2 Å². The number of hydrogen-bond donors (Lipinski definition) is 1. The zero-order valence-corrected chi connectivity index (χ0v) is 20.4. The summed E-state index contributed by atoms with van der Waals surface area (Å²) < 4.78 is 26.5. The number of fused-ring (bicyclic) bond motifs is 1. The maximum Gasteiger partial charge on any atom is 0.255 e. The van der Waals surface area contributed by atoms with Gasteiger partial charge in [-0.2, -0.15) is 0 Å². The molecule has 0 saturated carbocycles. The van der Waals surface area contributed by atoms with Crippen molar-refractivity contribution in [3.63, 3.8) is 0 Å². The predicted molar refractivity (Wildman–Crippen MR) is 139 cm³/mol. The molecule has 1 amide bonds. The van der Waals surface area contributed by atoms with Gasteiger partial charge in [0.15, 0.2) is 0 Å². The Kier molecular flexibility index (Phi) is 6.40. The number of pyridine rings is 2. The molecule has 5 rings (SSSR count). The Hall–Kier alpha value is -3.49. The first-order valence-electron chi connectivity index (χ1n) is 11.3. The third-order valence-electron chi connectivity index (χ3n) is 5.97. The fraction of sp³-hybridized carbons (Fsp3) is 0.192. The van der Waals surface area contributed by atoms with E-state index in [4.69, 9.17) is 11.6 Å². The summed E-state index contributed by atoms with van der Waals surface area (Å²) in [4.78, 5) is 21.8. The Morgan fingerprint density at radius 1 is 0.943 bits per heavy atom. The van der Waals surface area contributed by atoms with Crippen LogP contribution >= 0.6 is 11.6 Å². The van der Waals surface area contributed by atoms with E-state index < -0.39 is 10.0 Å². The minimum atomic E-state index is -3.33. The largest absolute Gasteiger partial charge is 0.322 e. The topological polar surface area (TPSA) is 92.3 Å². The second-order valence-electron chi connectivity index (χ2n) is 8.38. The molecule has 1 aliphatic rings. The molecule has 1 N–H and O–H groups in total. The number of anilines is 2. The number of carbonyl (C=O) groups is 1. The number of nitrogens with zero attached hydrogens (tertiary/aromatic N) is 3. The number of amides is 1. The van der Waals surface area contributed by atoms with Gasteiger partial charge in [0, 0.05) is 29.6 Å². The lowest BCUT2D eigenvalue weighted by atomic mass is 10.1. The van der Waals surface area contributed by atoms with Crippen LogP contribution in [-0.4, -0.2) is 36.6 Å². The van der Waals surface area contributed by atoms with Gasteiger partial charge < -0.3 is 5.32 Å². The van der Waals surface area contributed by atoms with Crippen LogP contribution in [0.15, 0.2) is 72.9 Å². The maximum absolute atomic E-state index is 12.9. The van der Waals surface area contributed by atoms with Crippen molar-refractivity contribution in [2.75, 3.05) is 21.9 Å². The molecule has 0 spiro atoms. The van der Waals surface area contributed by atoms with Crippen molar-refractivity contribution in [3.05, 3.63) is 83.5 Å². The van der Waals surface area contributed by atoms with Gasteiger partial charge >= 0.3 is 0 Å². The lowest BCUT2D eigenvalue weighted by molar-refractivity contribution is 0.102. The lowest BCUT2D eigenvalue weighted by Crippen LogP contribution is -2.32. The molecule has 1 saturated heterocycles. The molecule has 0 unspecified atom stereocenters. The van der Waals surface area contributed by atoms with E-state index in [2.05, 4.69) is 15.3 Å². The normalized spacial score (nSPS) is 15.5. The van der Waals surface area contributed by atoms with E-state index in [9.17, 15) is 13.2 Å². The summed E-state index contributed by atoms with van der Waals surface area (Å²) in [7, 11) is -3.33. The first-order chi connectivity index (χ1) is 16.9. The van der Waals surface area contributed by atoms with E-state index in [1.165, 1.54) is 4.31 Å². The molecule has 9 heteroatoms. The highest BCUT2D eigenvalue weighted by atomic mass is 35.5. The molecule has 178 valence electrons. The highest BCUT2D eigenvalue weighted by Crippen LogP contribution is 2.31. The van der Waals surface area contributed by atoms with Gasteiger partial charge in [0.2, 0.25) is 10.0 Å². The zero-order chi connectivity index (χ0) is 24.4. The van der Waals surface area contributed by atoms with Gasteiger partial charge in [0.1, 0.15) is 0 Å². The predicted octanol–water partition coefficient (Wildman–Crippen LogP) is 5.52. The third kappa shape index (κ3) is 4.99. The third-order valence-corrected chi connectivity index (χ3v) is 8.17. The van der Waals surface area contributed by atoms with Gasteiger partial charge in [0.05, 0.1) is 33.2 Å². The molecule has 2 aromatic carbocycles. The summed E-state index contributed by atoms with van der Waals surface area (Å²) in [5.41, 5.74) is 4.48. The summed E-state index contributed by atoms with van der Waals surface area (Å²) in [6.07, 6.45) is 4.11. The Labute approximate surface area is 208 Å². The van der Waals surface area contributed by atoms with Gasteiger partial charge in [-0.25, -0.2) is 13.4 Å². The average molecular weight is 507 g/mol. The molecule has 3 heterocycles. The molecule has 1 fully saturated rings. The lowest BCUT2D eigenvalue weighted by Gasteiger charge is -2.22. The van der Waals surface area contributed by atoms with E-state index in [1.807, 2.05) is 24.3 Å². The fourth-order valence-corrected chi connectivity index (χ4v) is 6.00. The summed E-state index contributed by atoms with van der Waals surface area (Å²) >= 11 is 6.44. The summed E-state index contributed by atoms with van der Waals surface area (Å²) in [5, 5.41) is 3.40. The number of benzene rings is 2. The minimum absolute atomic E-state index is 0.150. The average Bonchev–Trinajstić information content (AvgIpc) is 3.05. The SMILES string of the molecule is O=C(Nc1ccc(Cl)c(-c2ccc3ncccc3n2)c1)c1ccc(N2CCCCCS2(=O)=O)cc1. The highest BCUT2D eigenvalue weighted by molar-refractivity contribution is 7.92. The van der Waals surface area contributed by atoms with Crippen molar-refractivity contribution in [3.8, 4) is 11.3 Å². The fourth-order valence-electron chi connectivity index (χ4n) is 4.14. The van der Waals surface area contributed by atoms with E-state index in [1.54, 1.807) is 48.7 Å². The number of carbonyl (C=O) groups excluding carboxylic acids is 1. The maximum atomic E-state index is 12.9. The quantitative estimate of drug-likeness (QED) is 0.393. The van der Waals surface area contributed by atoms with Crippen LogP contribution < -0.4 is 9.62 Å². The molecule has 35 heavy (non-hydrogen) atoms. The second kappa shape index (κ2) is 9.64. The molecule has 7 nitrogen and oxygen atoms in total. The van der Waals surface area contributed by atoms with Crippen molar-refractivity contribution in [2.24, 2.45) is 0 Å². The van der Waals surface area contributed by atoms with Crippen LogP contribution in [0, 0.1) is 0 Å². The second-order valence-corrected chi connectivity index (χ2v) is 10.8. The highest BCUT2D eigenvalue weighted by Gasteiger charge is 2.24. The molecule has 4 aromatic rings. The number of halogens is 1. The van der Waals surface area contributed by atoms with E-state index in [0.717, 1.165) is 23.9 Å². The van der Waals surface area contributed by atoms with Crippen LogP contribution in [0.1, 0.15) is 29.6 Å². The smallest absolute Gasteiger partial charge is 0.255 e. The minimum Gasteiger partial charge on any atom is -0.322 e. The summed E-state index contributed by atoms with van der Waals surface area (Å²) in [6.45, 7) is 0.459. The molecule has 0 radical (unpaired) electrons. The Balaban J connectivity index is 1.36. The van der Waals surface area contributed by atoms with Crippen LogP contribution in [0.2, 0.25) is 5.02 Å². The standard InChI is InChI=1S/C26H23ClN4O3S/c27-22-11-8-19(17-21(22)23-12-13-24-25(30-23)5-4-14-28-24)29-26(32)18-6-9-20(10-7-18)31-15-2-1-3-16-35(31,33)34/h4-14,17H,1-3,15-16H2,(H,29,32). The zero-order valence-electron chi connectivity index (χ0n) is 18.8. The number of sulfonamides is 1. The molecule has 0 atom stereocenters. The Morgan fingerprint density at radius 3 is 2.60 bits per heavy atom. The molecule has 1 aliphatic heterocycles. The first-order valence-corrected chi connectivity index (χ1v) is 13.3. The molecule has 2 aromatic heterocycles. The Morgan fingerprint density at radius 2 is 1.77 bits per heavy atom. The van der Waals surface area contributed by atoms with E-state index in [-0.39, 0.29) is 11.7 Å². The van der Waals surface area contributed by atoms with Gasteiger partial charge in [-0.3, -0.25) is 14.1 Å². The van der Waals surface area contributed by atoms with Gasteiger partial charge in [-0.15, -0.1) is 0 Å². The number of hydrogen-bond acceptors (Lipinski definition) is 5. The van der Waals surface area contributed by atoms with Crippen molar-refractivity contribution >= 4 is 49.9 Å². The number of rotatable bonds is 4. The van der Waals surface area contributed by atoms with Crippen molar-refractivity contribution in [1.82, 2.24) is 9.97 Å². The molecular weight excluding hydrogens is 484 g/mol. The Bertz CT molecular complexity index is 1510. The van der Waals surface area contributed by atoms with Crippen LogP contribution in [0.25, 0.3) is 22.3 Å². The monoisotopic (exact) mass is 506 g/mol. The van der Waals surface area contributed by atoms with Gasteiger partial charge in [-0.05, 0) is 79.6 Å². The number of nitrogens with one attached hydrogen (secondary N) is 1. The van der Waals surface area contributed by atoms with Gasteiger partial charge in [0.25, 0.3) is 5.91 Å². The molecule has 0 bridgehead atoms. The summed E-state index contributed by atoms with van der Waals surface area (Å²) in [6, 6.07) is 19.3. The van der Waals surface area contributed by atoms with Crippen LogP contribution in [-0.2, 0) is 10.0 Å². The number of aromatic nitrogens is 2. The molecule has 0 aliphatic carbocycles. The van der Waals surface area contributed by atoms with Crippen molar-refractivity contribution in [2.45, 2.75) is 19.3 Å². The van der Waals surface area contributed by atoms with Crippen molar-refractivity contribution < 1.29 is 13.2 Å². The van der Waals surface area contributed by atoms with Crippen molar-refractivity contribution in [1.29, 1.82) is 0 Å². The molecular formula is C26H23ClN4O3S. The van der Waals surface area contributed by atoms with E-state index >= 15 is 0 Å². The van der Waals surface area contributed by atoms with Gasteiger partial charge in [-0.1, -0.05) is 18.0 Å². The first kappa shape index (κ1) is 23.3. The summed E-state index contributed by atoms with van der Waals surface area (Å²) in [5.74, 6) is -0.157. The van der Waals surface area contributed by atoms with Crippen LogP contribution in [0.5, 0.6) is 0 Å².